The van der Waals surface area contributed by atoms with Crippen LogP contribution < -0.4 is 11.3 Å². The second-order valence-electron chi connectivity index (χ2n) is 5.04. The van der Waals surface area contributed by atoms with Crippen LogP contribution in [-0.4, -0.2) is 0 Å². The molecule has 1 aliphatic carbocycles. The fraction of sp³-hybridized carbons (Fsp3) is 0.571. The molecule has 1 aromatic carbocycles. The number of nitrogens with one attached hydrogen (secondary N) is 1. The van der Waals surface area contributed by atoms with Gasteiger partial charge in [-0.1, -0.05) is 37.8 Å². The average Bonchev–Trinajstić information content (AvgIpc) is 2.64. The van der Waals surface area contributed by atoms with Gasteiger partial charge in [-0.15, -0.1) is 0 Å². The molecule has 1 fully saturated rings. The predicted octanol–water partition coefficient (Wildman–Crippen LogP) is 3.44. The molecule has 1 aliphatic rings. The van der Waals surface area contributed by atoms with Crippen LogP contribution in [-0.2, 0) is 0 Å². The molecule has 1 unspecified atom stereocenters. The van der Waals surface area contributed by atoms with E-state index in [-0.39, 0.29) is 12.0 Å². The summed E-state index contributed by atoms with van der Waals surface area (Å²) in [5.41, 5.74) is 3.03. The van der Waals surface area contributed by atoms with Gasteiger partial charge in [0.25, 0.3) is 0 Å². The third-order valence-electron chi connectivity index (χ3n) is 3.87. The Labute approximate surface area is 107 Å². The van der Waals surface area contributed by atoms with Gasteiger partial charge in [0.1, 0.15) is 0 Å². The first kappa shape index (κ1) is 13.4. The molecule has 2 rings (SSSR count). The Morgan fingerprint density at radius 1 is 1.11 bits per heavy atom. The molecule has 0 amide bonds. The highest BCUT2D eigenvalue weighted by Gasteiger charge is 2.26. The Hall–Kier alpha value is -1.00. The summed E-state index contributed by atoms with van der Waals surface area (Å²) in [5, 5.41) is 0. The summed E-state index contributed by atoms with van der Waals surface area (Å²) in [6, 6.07) is 4.00. The summed E-state index contributed by atoms with van der Waals surface area (Å²) in [7, 11) is 0. The van der Waals surface area contributed by atoms with E-state index < -0.39 is 11.6 Å². The molecule has 0 spiro atoms. The Kier molecular flexibility index (Phi) is 4.66. The molecule has 4 heteroatoms. The van der Waals surface area contributed by atoms with Crippen molar-refractivity contribution in [2.45, 2.75) is 44.6 Å². The van der Waals surface area contributed by atoms with Gasteiger partial charge >= 0.3 is 0 Å². The normalized spacial score (nSPS) is 19.5. The minimum absolute atomic E-state index is 0.286. The molecule has 1 saturated carbocycles. The number of rotatable bonds is 3. The summed E-state index contributed by atoms with van der Waals surface area (Å²) < 4.78 is 27.1. The van der Waals surface area contributed by atoms with Crippen LogP contribution >= 0.6 is 0 Å². The molecule has 0 saturated heterocycles. The van der Waals surface area contributed by atoms with Crippen LogP contribution in [0.4, 0.5) is 8.78 Å². The lowest BCUT2D eigenvalue weighted by atomic mass is 9.87. The van der Waals surface area contributed by atoms with Gasteiger partial charge in [0.15, 0.2) is 11.6 Å². The zero-order chi connectivity index (χ0) is 13.0. The lowest BCUT2D eigenvalue weighted by Crippen LogP contribution is -2.34. The summed E-state index contributed by atoms with van der Waals surface area (Å²) in [5.74, 6) is 4.27. The summed E-state index contributed by atoms with van der Waals surface area (Å²) in [6.45, 7) is 0. The molecule has 0 aliphatic heterocycles. The minimum atomic E-state index is -0.804. The predicted molar refractivity (Wildman–Crippen MR) is 67.6 cm³/mol. The maximum absolute atomic E-state index is 13.8. The SMILES string of the molecule is NNC(c1cccc(F)c1F)C1CCCCCC1. The lowest BCUT2D eigenvalue weighted by Gasteiger charge is -2.26. The van der Waals surface area contributed by atoms with Gasteiger partial charge in [-0.05, 0) is 24.8 Å². The highest BCUT2D eigenvalue weighted by Crippen LogP contribution is 2.34. The Morgan fingerprint density at radius 3 is 2.39 bits per heavy atom. The molecule has 0 bridgehead atoms. The molecule has 100 valence electrons. The number of benzene rings is 1. The van der Waals surface area contributed by atoms with Gasteiger partial charge in [0.05, 0.1) is 6.04 Å². The van der Waals surface area contributed by atoms with Crippen LogP contribution in [0.25, 0.3) is 0 Å². The fourth-order valence-corrected chi connectivity index (χ4v) is 2.88. The molecule has 1 aromatic rings. The number of halogens is 2. The molecule has 2 nitrogen and oxygen atoms in total. The highest BCUT2D eigenvalue weighted by molar-refractivity contribution is 5.23. The first-order chi connectivity index (χ1) is 8.74. The van der Waals surface area contributed by atoms with Crippen LogP contribution in [0.15, 0.2) is 18.2 Å². The number of hydrogen-bond acceptors (Lipinski definition) is 2. The summed E-state index contributed by atoms with van der Waals surface area (Å²) in [6.07, 6.45) is 6.76. The first-order valence-corrected chi connectivity index (χ1v) is 6.64. The monoisotopic (exact) mass is 254 g/mol. The van der Waals surface area contributed by atoms with Gasteiger partial charge in [0.2, 0.25) is 0 Å². The molecule has 0 aromatic heterocycles. The lowest BCUT2D eigenvalue weighted by molar-refractivity contribution is 0.317. The standard InChI is InChI=1S/C14H20F2N2/c15-12-9-5-8-11(13(12)16)14(18-17)10-6-3-1-2-4-7-10/h5,8-10,14,18H,1-4,6-7,17H2. The fourth-order valence-electron chi connectivity index (χ4n) is 2.88. The van der Waals surface area contributed by atoms with E-state index in [0.29, 0.717) is 5.56 Å². The van der Waals surface area contributed by atoms with Crippen molar-refractivity contribution < 1.29 is 8.78 Å². The number of hydrazine groups is 1. The smallest absolute Gasteiger partial charge is 0.163 e. The molecular formula is C14H20F2N2. The molecule has 0 heterocycles. The molecule has 18 heavy (non-hydrogen) atoms. The second kappa shape index (κ2) is 6.25. The van der Waals surface area contributed by atoms with Crippen molar-refractivity contribution >= 4 is 0 Å². The number of hydrogen-bond donors (Lipinski definition) is 2. The maximum Gasteiger partial charge on any atom is 0.163 e. The van der Waals surface area contributed by atoms with Crippen LogP contribution in [0.5, 0.6) is 0 Å². The zero-order valence-electron chi connectivity index (χ0n) is 10.5. The Bertz CT molecular complexity index is 387. The number of nitrogens with two attached hydrogens (primary N) is 1. The van der Waals surface area contributed by atoms with E-state index in [9.17, 15) is 8.78 Å². The van der Waals surface area contributed by atoms with Crippen LogP contribution in [0.3, 0.4) is 0 Å². The topological polar surface area (TPSA) is 38.0 Å². The van der Waals surface area contributed by atoms with E-state index in [1.54, 1.807) is 6.07 Å². The van der Waals surface area contributed by atoms with Crippen molar-refractivity contribution in [3.63, 3.8) is 0 Å². The van der Waals surface area contributed by atoms with Crippen molar-refractivity contribution in [1.82, 2.24) is 5.43 Å². The van der Waals surface area contributed by atoms with Gasteiger partial charge < -0.3 is 0 Å². The summed E-state index contributed by atoms with van der Waals surface area (Å²) in [4.78, 5) is 0. The van der Waals surface area contributed by atoms with Crippen molar-refractivity contribution in [2.75, 3.05) is 0 Å². The van der Waals surface area contributed by atoms with Crippen molar-refractivity contribution in [3.05, 3.63) is 35.4 Å². The van der Waals surface area contributed by atoms with E-state index in [0.717, 1.165) is 31.7 Å². The van der Waals surface area contributed by atoms with Gasteiger partial charge in [-0.2, -0.15) is 0 Å². The third kappa shape index (κ3) is 2.87. The van der Waals surface area contributed by atoms with Crippen molar-refractivity contribution in [3.8, 4) is 0 Å². The maximum atomic E-state index is 13.8. The van der Waals surface area contributed by atoms with Crippen molar-refractivity contribution in [2.24, 2.45) is 11.8 Å². The summed E-state index contributed by atoms with van der Waals surface area (Å²) >= 11 is 0. The quantitative estimate of drug-likeness (QED) is 0.492. The van der Waals surface area contributed by atoms with E-state index in [1.807, 2.05) is 0 Å². The van der Waals surface area contributed by atoms with Gasteiger partial charge in [-0.3, -0.25) is 11.3 Å². The zero-order valence-corrected chi connectivity index (χ0v) is 10.5. The average molecular weight is 254 g/mol. The van der Waals surface area contributed by atoms with Crippen molar-refractivity contribution in [1.29, 1.82) is 0 Å². The molecule has 0 radical (unpaired) electrons. The Morgan fingerprint density at radius 2 is 1.78 bits per heavy atom. The third-order valence-corrected chi connectivity index (χ3v) is 3.87. The minimum Gasteiger partial charge on any atom is -0.271 e. The molecular weight excluding hydrogens is 234 g/mol. The molecule has 1 atom stereocenters. The van der Waals surface area contributed by atoms with Crippen LogP contribution in [0.1, 0.15) is 50.1 Å². The van der Waals surface area contributed by atoms with Crippen LogP contribution in [0, 0.1) is 17.6 Å². The van der Waals surface area contributed by atoms with E-state index in [1.165, 1.54) is 18.9 Å². The van der Waals surface area contributed by atoms with E-state index in [4.69, 9.17) is 5.84 Å². The molecule has 3 N–H and O–H groups in total. The van der Waals surface area contributed by atoms with E-state index >= 15 is 0 Å². The second-order valence-corrected chi connectivity index (χ2v) is 5.04. The van der Waals surface area contributed by atoms with E-state index in [2.05, 4.69) is 5.43 Å². The van der Waals surface area contributed by atoms with Gasteiger partial charge in [-0.25, -0.2) is 8.78 Å². The first-order valence-electron chi connectivity index (χ1n) is 6.64. The largest absolute Gasteiger partial charge is 0.271 e. The van der Waals surface area contributed by atoms with Gasteiger partial charge in [0, 0.05) is 5.56 Å². The Balaban J connectivity index is 2.23. The highest BCUT2D eigenvalue weighted by atomic mass is 19.2. The van der Waals surface area contributed by atoms with Crippen LogP contribution in [0.2, 0.25) is 0 Å².